The lowest BCUT2D eigenvalue weighted by molar-refractivity contribution is -0.118. The van der Waals surface area contributed by atoms with E-state index in [1.807, 2.05) is 0 Å². The number of nitrogens with zero attached hydrogens (tertiary/aromatic N) is 5. The van der Waals surface area contributed by atoms with E-state index in [2.05, 4.69) is 19.8 Å². The quantitative estimate of drug-likeness (QED) is 0.115. The van der Waals surface area contributed by atoms with Gasteiger partial charge in [0, 0.05) is 29.4 Å². The maximum Gasteiger partial charge on any atom is 0.474 e. The highest BCUT2D eigenvalue weighted by Gasteiger charge is 2.54. The number of phosphoric ester groups is 1. The van der Waals surface area contributed by atoms with Gasteiger partial charge in [-0.3, -0.25) is 32.7 Å². The molecule has 2 aromatic heterocycles. The van der Waals surface area contributed by atoms with Crippen LogP contribution in [-0.4, -0.2) is 111 Å². The number of rotatable bonds is 15. The van der Waals surface area contributed by atoms with Crippen LogP contribution in [0, 0.1) is 10.8 Å². The SMILES string of the molecule is CN(NS(C)(=O)=O)c1nc(N)nc2c1ncn2[C@@H]1O[C@H](COP(=O)(OCCSC(=O)C(C)(C)C)OCCSC(=O)C(C)(C)C)[C@@H](O)[C@@]1(C)O. The number of hydrogen-bond acceptors (Lipinski definition) is 18. The minimum Gasteiger partial charge on any atom is -0.387 e. The highest BCUT2D eigenvalue weighted by molar-refractivity contribution is 8.14. The zero-order chi connectivity index (χ0) is 37.2. The molecular weight excluding hydrogens is 726 g/mol. The zero-order valence-corrected chi connectivity index (χ0v) is 32.2. The predicted octanol–water partition coefficient (Wildman–Crippen LogP) is 2.09. The molecule has 18 nitrogen and oxygen atoms in total. The monoisotopic (exact) mass is 771 g/mol. The van der Waals surface area contributed by atoms with Crippen LogP contribution in [0.3, 0.4) is 0 Å². The summed E-state index contributed by atoms with van der Waals surface area (Å²) in [6.45, 7) is 11.0. The Labute approximate surface area is 294 Å². The van der Waals surface area contributed by atoms with Crippen LogP contribution < -0.4 is 15.6 Å². The summed E-state index contributed by atoms with van der Waals surface area (Å²) in [5.41, 5.74) is 2.88. The summed E-state index contributed by atoms with van der Waals surface area (Å²) >= 11 is 2.00. The normalized spacial score (nSPS) is 22.1. The van der Waals surface area contributed by atoms with Crippen LogP contribution in [0.15, 0.2) is 6.33 Å². The summed E-state index contributed by atoms with van der Waals surface area (Å²) in [4.78, 5) is 39.4. The van der Waals surface area contributed by atoms with E-state index in [1.165, 1.54) is 24.9 Å². The molecule has 0 amide bonds. The number of nitrogens with two attached hydrogens (primary N) is 1. The second-order valence-electron chi connectivity index (χ2n) is 13.5. The van der Waals surface area contributed by atoms with Crippen LogP contribution in [-0.2, 0) is 42.5 Å². The number of sulfonamides is 1. The van der Waals surface area contributed by atoms with Gasteiger partial charge in [0.2, 0.25) is 16.0 Å². The van der Waals surface area contributed by atoms with Crippen molar-refractivity contribution in [2.24, 2.45) is 10.8 Å². The smallest absolute Gasteiger partial charge is 0.387 e. The molecule has 278 valence electrons. The maximum atomic E-state index is 13.7. The average molecular weight is 772 g/mol. The number of carbonyl (C=O) groups is 2. The van der Waals surface area contributed by atoms with Crippen molar-refractivity contribution in [3.05, 3.63) is 6.33 Å². The molecule has 1 aliphatic heterocycles. The van der Waals surface area contributed by atoms with E-state index in [9.17, 15) is 32.8 Å². The number of phosphoric acid groups is 1. The minimum atomic E-state index is -4.34. The first kappa shape index (κ1) is 41.5. The third-order valence-corrected chi connectivity index (χ3v) is 11.4. The Morgan fingerprint density at radius 3 is 2.12 bits per heavy atom. The van der Waals surface area contributed by atoms with E-state index in [1.54, 1.807) is 41.5 Å². The van der Waals surface area contributed by atoms with Crippen LogP contribution in [0.4, 0.5) is 11.8 Å². The standard InChI is InChI=1S/C27H46N7O11PS3/c1-25(2,3)22(36)47-12-10-42-46(39,43-11-13-48-23(37)26(4,5)6)44-14-16-18(35)27(7,38)21(45-16)34-15-29-17-19(30-24(28)31-20(17)34)33(8)32-49(9,40)41/h15-16,18,21,32,35,38H,10-14H2,1-9H3,(H2,28,30,31)/t16-,18-,21-,27-/m1/s1. The fourth-order valence-electron chi connectivity index (χ4n) is 4.27. The number of aliphatic hydroxyl groups is 2. The van der Waals surface area contributed by atoms with Gasteiger partial charge in [0.05, 0.1) is 32.4 Å². The third-order valence-electron chi connectivity index (χ3n) is 6.80. The van der Waals surface area contributed by atoms with Crippen molar-refractivity contribution in [1.29, 1.82) is 0 Å². The lowest BCUT2D eigenvalue weighted by atomic mass is 9.96. The number of aromatic nitrogens is 4. The molecule has 1 saturated heterocycles. The van der Waals surface area contributed by atoms with Crippen molar-refractivity contribution in [3.8, 4) is 0 Å². The van der Waals surface area contributed by atoms with Crippen LogP contribution in [0.5, 0.6) is 0 Å². The number of imidazole rings is 1. The van der Waals surface area contributed by atoms with Crippen molar-refractivity contribution in [2.45, 2.75) is 72.5 Å². The maximum absolute atomic E-state index is 13.7. The van der Waals surface area contributed by atoms with Gasteiger partial charge in [-0.05, 0) is 6.92 Å². The van der Waals surface area contributed by atoms with E-state index >= 15 is 0 Å². The molecule has 0 radical (unpaired) electrons. The fourth-order valence-corrected chi connectivity index (χ4v) is 7.85. The van der Waals surface area contributed by atoms with Crippen LogP contribution >= 0.6 is 31.3 Å². The Balaban J connectivity index is 1.78. The van der Waals surface area contributed by atoms with Crippen molar-refractivity contribution in [1.82, 2.24) is 24.4 Å². The van der Waals surface area contributed by atoms with Crippen molar-refractivity contribution >= 4 is 74.5 Å². The van der Waals surface area contributed by atoms with Gasteiger partial charge in [0.15, 0.2) is 33.4 Å². The summed E-state index contributed by atoms with van der Waals surface area (Å²) in [6.07, 6.45) is -2.02. The Morgan fingerprint density at radius 2 is 1.63 bits per heavy atom. The summed E-state index contributed by atoms with van der Waals surface area (Å²) < 4.78 is 61.1. The molecule has 0 spiro atoms. The topological polar surface area (TPSA) is 248 Å². The molecule has 49 heavy (non-hydrogen) atoms. The number of nitrogen functional groups attached to an aromatic ring is 1. The fraction of sp³-hybridized carbons (Fsp3) is 0.741. The number of ether oxygens (including phenoxy) is 1. The van der Waals surface area contributed by atoms with Gasteiger partial charge < -0.3 is 20.7 Å². The van der Waals surface area contributed by atoms with Crippen molar-refractivity contribution < 1.29 is 51.1 Å². The summed E-state index contributed by atoms with van der Waals surface area (Å²) in [5.74, 6) is 0.0620. The molecule has 22 heteroatoms. The van der Waals surface area contributed by atoms with Crippen LogP contribution in [0.25, 0.3) is 11.2 Å². The van der Waals surface area contributed by atoms with Gasteiger partial charge in [-0.15, -0.1) is 4.83 Å². The number of hydrazine groups is 1. The second kappa shape index (κ2) is 15.8. The molecule has 3 rings (SSSR count). The summed E-state index contributed by atoms with van der Waals surface area (Å²) in [7, 11) is -6.66. The van der Waals surface area contributed by atoms with Crippen LogP contribution in [0.2, 0.25) is 0 Å². The number of nitrogens with one attached hydrogen (secondary N) is 1. The van der Waals surface area contributed by atoms with E-state index < -0.39 is 59.3 Å². The lowest BCUT2D eigenvalue weighted by Crippen LogP contribution is -2.44. The second-order valence-corrected chi connectivity index (χ2v) is 19.1. The molecule has 2 aromatic rings. The molecular formula is C27H46N7O11PS3. The Morgan fingerprint density at radius 1 is 1.10 bits per heavy atom. The molecule has 0 bridgehead atoms. The van der Waals surface area contributed by atoms with Gasteiger partial charge in [0.1, 0.15) is 17.8 Å². The number of fused-ring (bicyclic) bond motifs is 1. The van der Waals surface area contributed by atoms with Gasteiger partial charge in [0.25, 0.3) is 0 Å². The molecule has 5 N–H and O–H groups in total. The molecule has 3 heterocycles. The zero-order valence-electron chi connectivity index (χ0n) is 28.9. The first-order chi connectivity index (χ1) is 22.4. The predicted molar refractivity (Wildman–Crippen MR) is 186 cm³/mol. The molecule has 1 aliphatic rings. The largest absolute Gasteiger partial charge is 0.474 e. The number of carbonyl (C=O) groups excluding carboxylic acids is 2. The summed E-state index contributed by atoms with van der Waals surface area (Å²) in [6, 6.07) is 0. The van der Waals surface area contributed by atoms with E-state index in [4.69, 9.17) is 24.0 Å². The Hall–Kier alpha value is -1.91. The van der Waals surface area contributed by atoms with Crippen LogP contribution in [0.1, 0.15) is 54.7 Å². The van der Waals surface area contributed by atoms with Gasteiger partial charge >= 0.3 is 7.82 Å². The van der Waals surface area contributed by atoms with E-state index in [0.29, 0.717) is 0 Å². The minimum absolute atomic E-state index is 0.00436. The molecule has 0 aliphatic carbocycles. The first-order valence-electron chi connectivity index (χ1n) is 15.0. The highest BCUT2D eigenvalue weighted by atomic mass is 32.2. The van der Waals surface area contributed by atoms with E-state index in [-0.39, 0.29) is 57.9 Å². The van der Waals surface area contributed by atoms with Gasteiger partial charge in [-0.2, -0.15) is 9.97 Å². The number of aliphatic hydroxyl groups excluding tert-OH is 1. The third kappa shape index (κ3) is 11.0. The number of thioether (sulfide) groups is 2. The Kier molecular flexibility index (Phi) is 13.4. The highest BCUT2D eigenvalue weighted by Crippen LogP contribution is 2.51. The van der Waals surface area contributed by atoms with Gasteiger partial charge in [-0.1, -0.05) is 65.1 Å². The number of anilines is 2. The van der Waals surface area contributed by atoms with Crippen molar-refractivity contribution in [3.63, 3.8) is 0 Å². The number of hydrogen-bond donors (Lipinski definition) is 4. The molecule has 0 saturated carbocycles. The molecule has 1 fully saturated rings. The van der Waals surface area contributed by atoms with Gasteiger partial charge in [-0.25, -0.2) is 18.0 Å². The molecule has 0 unspecified atom stereocenters. The summed E-state index contributed by atoms with van der Waals surface area (Å²) in [5, 5.41) is 23.4. The average Bonchev–Trinajstić information content (AvgIpc) is 3.47. The Bertz CT molecular complexity index is 1620. The lowest BCUT2D eigenvalue weighted by Gasteiger charge is -2.27. The first-order valence-corrected chi connectivity index (χ1v) is 20.3. The molecule has 4 atom stereocenters. The van der Waals surface area contributed by atoms with E-state index in [0.717, 1.165) is 34.8 Å². The van der Waals surface area contributed by atoms with Crippen molar-refractivity contribution in [2.75, 3.05) is 55.4 Å². The molecule has 0 aromatic carbocycles.